The van der Waals surface area contributed by atoms with Crippen LogP contribution in [0.4, 0.5) is 5.69 Å². The van der Waals surface area contributed by atoms with Crippen LogP contribution in [0.5, 0.6) is 5.75 Å². The van der Waals surface area contributed by atoms with Crippen LogP contribution in [0.3, 0.4) is 0 Å². The zero-order valence-corrected chi connectivity index (χ0v) is 19.9. The van der Waals surface area contributed by atoms with Gasteiger partial charge in [-0.05, 0) is 50.6 Å². The summed E-state index contributed by atoms with van der Waals surface area (Å²) in [5, 5.41) is 12.4. The highest BCUT2D eigenvalue weighted by molar-refractivity contribution is 6.42. The van der Waals surface area contributed by atoms with Crippen molar-refractivity contribution in [2.24, 2.45) is 0 Å². The van der Waals surface area contributed by atoms with E-state index >= 15 is 0 Å². The maximum atomic E-state index is 13.1. The second-order valence-corrected chi connectivity index (χ2v) is 8.39. The number of hydrogen-bond donors (Lipinski definition) is 1. The molecule has 0 spiro atoms. The van der Waals surface area contributed by atoms with Gasteiger partial charge in [0.05, 0.1) is 39.2 Å². The zero-order chi connectivity index (χ0) is 23.5. The molecular weight excluding hydrogens is 463 g/mol. The van der Waals surface area contributed by atoms with Crippen molar-refractivity contribution in [1.29, 1.82) is 0 Å². The minimum atomic E-state index is -0.390. The molecule has 7 nitrogen and oxygen atoms in total. The maximum Gasteiger partial charge on any atom is 0.278 e. The minimum Gasteiger partial charge on any atom is -0.489 e. The van der Waals surface area contributed by atoms with Gasteiger partial charge in [0.25, 0.3) is 5.91 Å². The number of rotatable bonds is 7. The van der Waals surface area contributed by atoms with Crippen LogP contribution < -0.4 is 10.1 Å². The summed E-state index contributed by atoms with van der Waals surface area (Å²) in [6, 6.07) is 14.8. The van der Waals surface area contributed by atoms with E-state index in [1.165, 1.54) is 0 Å². The number of aryl methyl sites for hydroxylation is 2. The van der Waals surface area contributed by atoms with Crippen molar-refractivity contribution in [3.05, 3.63) is 92.5 Å². The number of halogens is 2. The highest BCUT2D eigenvalue weighted by atomic mass is 35.5. The van der Waals surface area contributed by atoms with Crippen molar-refractivity contribution in [2.45, 2.75) is 33.9 Å². The SMILES string of the molecule is Cc1nn(Cc2ccc(Cl)c(Cl)c2)c(C)c1NC(=O)c1noc(C)c1COc1ccccc1. The fourth-order valence-electron chi connectivity index (χ4n) is 3.43. The lowest BCUT2D eigenvalue weighted by Crippen LogP contribution is -2.16. The Labute approximate surface area is 201 Å². The van der Waals surface area contributed by atoms with E-state index in [-0.39, 0.29) is 12.3 Å². The smallest absolute Gasteiger partial charge is 0.278 e. The zero-order valence-electron chi connectivity index (χ0n) is 18.4. The number of benzene rings is 2. The number of anilines is 1. The monoisotopic (exact) mass is 484 g/mol. The Balaban J connectivity index is 1.51. The minimum absolute atomic E-state index is 0.163. The average molecular weight is 485 g/mol. The van der Waals surface area contributed by atoms with Crippen LogP contribution in [-0.2, 0) is 13.2 Å². The van der Waals surface area contributed by atoms with Crippen LogP contribution in [0.15, 0.2) is 53.1 Å². The summed E-state index contributed by atoms with van der Waals surface area (Å²) in [7, 11) is 0. The Kier molecular flexibility index (Phi) is 6.72. The van der Waals surface area contributed by atoms with Gasteiger partial charge in [-0.25, -0.2) is 0 Å². The number of carbonyl (C=O) groups is 1. The van der Waals surface area contributed by atoms with E-state index < -0.39 is 5.91 Å². The summed E-state index contributed by atoms with van der Waals surface area (Å²) in [6.07, 6.45) is 0. The summed E-state index contributed by atoms with van der Waals surface area (Å²) < 4.78 is 12.9. The number of carbonyl (C=O) groups excluding carboxylic acids is 1. The summed E-state index contributed by atoms with van der Waals surface area (Å²) in [5.74, 6) is 0.832. The number of amides is 1. The normalized spacial score (nSPS) is 10.9. The van der Waals surface area contributed by atoms with E-state index in [1.807, 2.05) is 50.2 Å². The number of nitrogens with zero attached hydrogens (tertiary/aromatic N) is 3. The molecule has 2 heterocycles. The van der Waals surface area contributed by atoms with Crippen LogP contribution >= 0.6 is 23.2 Å². The molecule has 0 atom stereocenters. The molecule has 1 N–H and O–H groups in total. The third kappa shape index (κ3) is 5.05. The number of hydrogen-bond acceptors (Lipinski definition) is 5. The Bertz CT molecular complexity index is 1300. The number of para-hydroxylation sites is 1. The molecule has 1 amide bonds. The second-order valence-electron chi connectivity index (χ2n) is 7.57. The van der Waals surface area contributed by atoms with E-state index in [2.05, 4.69) is 15.6 Å². The highest BCUT2D eigenvalue weighted by Gasteiger charge is 2.23. The van der Waals surface area contributed by atoms with Crippen molar-refractivity contribution < 1.29 is 14.1 Å². The molecular formula is C24H22Cl2N4O3. The third-order valence-corrected chi connectivity index (χ3v) is 6.00. The summed E-state index contributed by atoms with van der Waals surface area (Å²) in [5.41, 5.74) is 3.82. The van der Waals surface area contributed by atoms with E-state index in [0.717, 1.165) is 11.3 Å². The van der Waals surface area contributed by atoms with Crippen LogP contribution in [0.2, 0.25) is 10.0 Å². The molecule has 0 fully saturated rings. The molecule has 4 rings (SSSR count). The molecule has 9 heteroatoms. The molecule has 0 saturated heterocycles. The quantitative estimate of drug-likeness (QED) is 0.348. The molecule has 33 heavy (non-hydrogen) atoms. The molecule has 0 aliphatic carbocycles. The van der Waals surface area contributed by atoms with Gasteiger partial charge in [-0.2, -0.15) is 5.10 Å². The topological polar surface area (TPSA) is 82.2 Å². The lowest BCUT2D eigenvalue weighted by molar-refractivity contribution is 0.101. The lowest BCUT2D eigenvalue weighted by Gasteiger charge is -2.09. The fourth-order valence-corrected chi connectivity index (χ4v) is 3.75. The second kappa shape index (κ2) is 9.68. The van der Waals surface area contributed by atoms with Crippen LogP contribution in [0.1, 0.15) is 38.8 Å². The summed E-state index contributed by atoms with van der Waals surface area (Å²) in [4.78, 5) is 13.1. The van der Waals surface area contributed by atoms with E-state index in [4.69, 9.17) is 32.5 Å². The van der Waals surface area contributed by atoms with E-state index in [0.29, 0.717) is 45.0 Å². The van der Waals surface area contributed by atoms with Gasteiger partial charge in [-0.3, -0.25) is 9.48 Å². The van der Waals surface area contributed by atoms with Gasteiger partial charge in [0.2, 0.25) is 0 Å². The molecule has 0 saturated carbocycles. The largest absolute Gasteiger partial charge is 0.489 e. The van der Waals surface area contributed by atoms with E-state index in [9.17, 15) is 4.79 Å². The van der Waals surface area contributed by atoms with Crippen LogP contribution in [0, 0.1) is 20.8 Å². The predicted molar refractivity (Wildman–Crippen MR) is 127 cm³/mol. The van der Waals surface area contributed by atoms with Gasteiger partial charge in [-0.1, -0.05) is 52.6 Å². The molecule has 2 aromatic heterocycles. The number of nitrogens with one attached hydrogen (secondary N) is 1. The van der Waals surface area contributed by atoms with Gasteiger partial charge in [-0.15, -0.1) is 0 Å². The van der Waals surface area contributed by atoms with Gasteiger partial charge in [0.1, 0.15) is 18.1 Å². The van der Waals surface area contributed by atoms with Gasteiger partial charge in [0.15, 0.2) is 5.69 Å². The molecule has 0 radical (unpaired) electrons. The highest BCUT2D eigenvalue weighted by Crippen LogP contribution is 2.26. The third-order valence-electron chi connectivity index (χ3n) is 5.26. The van der Waals surface area contributed by atoms with Crippen molar-refractivity contribution in [3.8, 4) is 5.75 Å². The standard InChI is InChI=1S/C24H22Cl2N4O3/c1-14-22(15(2)30(28-14)12-17-9-10-20(25)21(26)11-17)27-24(31)23-19(16(3)33-29-23)13-32-18-7-5-4-6-8-18/h4-11H,12-13H2,1-3H3,(H,27,31). The van der Waals surface area contributed by atoms with E-state index in [1.54, 1.807) is 23.7 Å². The van der Waals surface area contributed by atoms with Crippen molar-refractivity contribution >= 4 is 34.8 Å². The van der Waals surface area contributed by atoms with Gasteiger partial charge < -0.3 is 14.6 Å². The Morgan fingerprint density at radius 2 is 1.85 bits per heavy atom. The summed E-state index contributed by atoms with van der Waals surface area (Å²) in [6.45, 7) is 6.12. The molecule has 0 aliphatic heterocycles. The Hall–Kier alpha value is -3.29. The fraction of sp³-hybridized carbons (Fsp3) is 0.208. The Morgan fingerprint density at radius 1 is 1.09 bits per heavy atom. The van der Waals surface area contributed by atoms with Crippen LogP contribution in [0.25, 0.3) is 0 Å². The summed E-state index contributed by atoms with van der Waals surface area (Å²) >= 11 is 12.1. The number of ether oxygens (including phenoxy) is 1. The first-order valence-corrected chi connectivity index (χ1v) is 11.0. The lowest BCUT2D eigenvalue weighted by atomic mass is 10.2. The van der Waals surface area contributed by atoms with Crippen molar-refractivity contribution in [3.63, 3.8) is 0 Å². The molecule has 0 aliphatic rings. The maximum absolute atomic E-state index is 13.1. The predicted octanol–water partition coefficient (Wildman–Crippen LogP) is 5.98. The number of aromatic nitrogens is 3. The first-order valence-electron chi connectivity index (χ1n) is 10.3. The first kappa shape index (κ1) is 22.9. The first-order chi connectivity index (χ1) is 15.8. The molecule has 4 aromatic rings. The average Bonchev–Trinajstić information content (AvgIpc) is 3.29. The molecule has 0 unspecified atom stereocenters. The molecule has 2 aromatic carbocycles. The Morgan fingerprint density at radius 3 is 2.58 bits per heavy atom. The van der Waals surface area contributed by atoms with Gasteiger partial charge >= 0.3 is 0 Å². The van der Waals surface area contributed by atoms with Crippen molar-refractivity contribution in [1.82, 2.24) is 14.9 Å². The van der Waals surface area contributed by atoms with Crippen molar-refractivity contribution in [2.75, 3.05) is 5.32 Å². The molecule has 170 valence electrons. The van der Waals surface area contributed by atoms with Crippen LogP contribution in [-0.4, -0.2) is 20.8 Å². The van der Waals surface area contributed by atoms with Gasteiger partial charge in [0, 0.05) is 0 Å². The molecule has 0 bridgehead atoms.